The average Bonchev–Trinajstić information content (AvgIpc) is 3.34. The topological polar surface area (TPSA) is 127 Å². The van der Waals surface area contributed by atoms with Crippen LogP contribution in [0.25, 0.3) is 22.4 Å². The number of carbonyl (C=O) groups excluding carboxylic acids is 1. The number of rotatable bonds is 8. The molecule has 3 aromatic rings. The highest BCUT2D eigenvalue weighted by Crippen LogP contribution is 2.36. The molecule has 1 N–H and O–H groups in total. The van der Waals surface area contributed by atoms with Crippen LogP contribution in [0, 0.1) is 6.92 Å². The van der Waals surface area contributed by atoms with E-state index in [1.54, 1.807) is 37.3 Å². The van der Waals surface area contributed by atoms with Gasteiger partial charge in [0.2, 0.25) is 15.7 Å². The van der Waals surface area contributed by atoms with Crippen LogP contribution in [0.4, 0.5) is 5.82 Å². The second kappa shape index (κ2) is 10.0. The largest absolute Gasteiger partial charge is 0.437 e. The third kappa shape index (κ3) is 5.23. The Balaban J connectivity index is 1.74. The van der Waals surface area contributed by atoms with Gasteiger partial charge in [0.05, 0.1) is 28.2 Å². The van der Waals surface area contributed by atoms with E-state index in [0.29, 0.717) is 53.0 Å². The van der Waals surface area contributed by atoms with E-state index in [-0.39, 0.29) is 35.3 Å². The summed E-state index contributed by atoms with van der Waals surface area (Å²) < 4.78 is 56.9. The first-order valence-electron chi connectivity index (χ1n) is 11.5. The van der Waals surface area contributed by atoms with E-state index in [9.17, 15) is 21.6 Å². The molecule has 3 heterocycles. The zero-order valence-electron chi connectivity index (χ0n) is 20.2. The summed E-state index contributed by atoms with van der Waals surface area (Å²) in [7, 11) is -5.33. The standard InChI is InChI=1S/C24H28ClN3O6S2/c1-15-14-19-20(23(29)26-2)21(16-8-10-17(25)11-9-16)34-24(19)27-22(15)28(35(3,30)31)12-4-6-18-7-5-13-36(18,32)33/h8-11,14,18H,4-7,12-13H2,1-3H3,(H,26,29). The molecule has 0 spiro atoms. The van der Waals surface area contributed by atoms with E-state index in [1.165, 1.54) is 11.4 Å². The highest BCUT2D eigenvalue weighted by atomic mass is 35.5. The van der Waals surface area contributed by atoms with Gasteiger partial charge in [-0.3, -0.25) is 9.10 Å². The number of anilines is 1. The second-order valence-corrected chi connectivity index (χ2v) is 13.7. The molecule has 0 saturated carbocycles. The molecule has 9 nitrogen and oxygen atoms in total. The summed E-state index contributed by atoms with van der Waals surface area (Å²) in [5, 5.41) is 3.16. The monoisotopic (exact) mass is 553 g/mol. The van der Waals surface area contributed by atoms with Gasteiger partial charge < -0.3 is 9.73 Å². The van der Waals surface area contributed by atoms with Gasteiger partial charge in [-0.15, -0.1) is 0 Å². The molecule has 1 amide bonds. The minimum absolute atomic E-state index is 0.0806. The lowest BCUT2D eigenvalue weighted by Crippen LogP contribution is -2.33. The number of hydrogen-bond acceptors (Lipinski definition) is 7. The van der Waals surface area contributed by atoms with E-state index in [2.05, 4.69) is 10.3 Å². The number of aryl methyl sites for hydroxylation is 1. The number of sulfone groups is 1. The smallest absolute Gasteiger partial charge is 0.255 e. The molecule has 2 aromatic heterocycles. The first-order chi connectivity index (χ1) is 16.9. The van der Waals surface area contributed by atoms with Crippen LogP contribution in [0.2, 0.25) is 5.02 Å². The van der Waals surface area contributed by atoms with Crippen molar-refractivity contribution < 1.29 is 26.0 Å². The lowest BCUT2D eigenvalue weighted by Gasteiger charge is -2.23. The number of amides is 1. The molecule has 0 bridgehead atoms. The fourth-order valence-electron chi connectivity index (χ4n) is 4.60. The summed E-state index contributed by atoms with van der Waals surface area (Å²) >= 11 is 6.01. The molecular formula is C24H28ClN3O6S2. The first kappa shape index (κ1) is 26.4. The maximum Gasteiger partial charge on any atom is 0.255 e. The molecule has 1 aliphatic heterocycles. The van der Waals surface area contributed by atoms with Crippen LogP contribution in [0.15, 0.2) is 34.7 Å². The van der Waals surface area contributed by atoms with Crippen LogP contribution in [-0.4, -0.2) is 58.6 Å². The number of hydrogen-bond donors (Lipinski definition) is 1. The zero-order chi connectivity index (χ0) is 26.3. The lowest BCUT2D eigenvalue weighted by atomic mass is 10.0. The molecule has 194 valence electrons. The normalized spacial score (nSPS) is 17.4. The van der Waals surface area contributed by atoms with E-state index >= 15 is 0 Å². The number of carbonyl (C=O) groups is 1. The van der Waals surface area contributed by atoms with Gasteiger partial charge in [0, 0.05) is 24.2 Å². The summed E-state index contributed by atoms with van der Waals surface area (Å²) in [5.41, 5.74) is 1.56. The van der Waals surface area contributed by atoms with Crippen molar-refractivity contribution in [2.75, 3.05) is 29.9 Å². The van der Waals surface area contributed by atoms with Gasteiger partial charge in [0.15, 0.2) is 9.84 Å². The number of benzene rings is 1. The van der Waals surface area contributed by atoms with Crippen LogP contribution >= 0.6 is 11.6 Å². The number of sulfonamides is 1. The van der Waals surface area contributed by atoms with Crippen molar-refractivity contribution in [3.05, 3.63) is 46.5 Å². The molecule has 1 saturated heterocycles. The van der Waals surface area contributed by atoms with Crippen molar-refractivity contribution in [3.63, 3.8) is 0 Å². The number of furan rings is 1. The van der Waals surface area contributed by atoms with E-state index in [1.807, 2.05) is 0 Å². The Bertz CT molecular complexity index is 1520. The molecular weight excluding hydrogens is 526 g/mol. The van der Waals surface area contributed by atoms with Gasteiger partial charge in [-0.25, -0.2) is 16.8 Å². The zero-order valence-corrected chi connectivity index (χ0v) is 22.6. The van der Waals surface area contributed by atoms with Gasteiger partial charge in [-0.2, -0.15) is 4.98 Å². The van der Waals surface area contributed by atoms with E-state index < -0.39 is 25.1 Å². The number of nitrogens with zero attached hydrogens (tertiary/aromatic N) is 2. The summed E-state index contributed by atoms with van der Waals surface area (Å²) in [5.74, 6) is 0.291. The highest BCUT2D eigenvalue weighted by molar-refractivity contribution is 7.92. The van der Waals surface area contributed by atoms with Gasteiger partial charge in [-0.1, -0.05) is 11.6 Å². The third-order valence-electron chi connectivity index (χ3n) is 6.39. The van der Waals surface area contributed by atoms with Gasteiger partial charge >= 0.3 is 0 Å². The highest BCUT2D eigenvalue weighted by Gasteiger charge is 2.32. The van der Waals surface area contributed by atoms with Gasteiger partial charge in [0.1, 0.15) is 11.6 Å². The van der Waals surface area contributed by atoms with Crippen LogP contribution in [0.5, 0.6) is 0 Å². The number of pyridine rings is 1. The fourth-order valence-corrected chi connectivity index (χ4v) is 7.64. The Morgan fingerprint density at radius 2 is 1.97 bits per heavy atom. The second-order valence-electron chi connectivity index (χ2n) is 8.98. The summed E-state index contributed by atoms with van der Waals surface area (Å²) in [4.78, 5) is 17.3. The molecule has 1 unspecified atom stereocenters. The van der Waals surface area contributed by atoms with Gasteiger partial charge in [0.25, 0.3) is 5.91 Å². The number of halogens is 1. The Kier molecular flexibility index (Phi) is 7.36. The Hall–Kier alpha value is -2.63. The summed E-state index contributed by atoms with van der Waals surface area (Å²) in [6.07, 6.45) is 3.09. The van der Waals surface area contributed by atoms with Crippen molar-refractivity contribution in [3.8, 4) is 11.3 Å². The third-order valence-corrected chi connectivity index (χ3v) is 10.1. The Labute approximate surface area is 215 Å². The van der Waals surface area contributed by atoms with Crippen molar-refractivity contribution >= 4 is 54.3 Å². The maximum absolute atomic E-state index is 12.8. The van der Waals surface area contributed by atoms with Crippen molar-refractivity contribution in [1.29, 1.82) is 0 Å². The minimum atomic E-state index is -3.73. The molecule has 4 rings (SSSR count). The molecule has 0 radical (unpaired) electrons. The molecule has 1 atom stereocenters. The number of aromatic nitrogens is 1. The predicted molar refractivity (Wildman–Crippen MR) is 141 cm³/mol. The predicted octanol–water partition coefficient (Wildman–Crippen LogP) is 3.94. The maximum atomic E-state index is 12.8. The van der Waals surface area contributed by atoms with Crippen molar-refractivity contribution in [2.24, 2.45) is 0 Å². The summed E-state index contributed by atoms with van der Waals surface area (Å²) in [6.45, 7) is 1.79. The summed E-state index contributed by atoms with van der Waals surface area (Å²) in [6, 6.07) is 8.49. The number of nitrogens with one attached hydrogen (secondary N) is 1. The molecule has 12 heteroatoms. The Morgan fingerprint density at radius 3 is 2.56 bits per heavy atom. The molecule has 1 aromatic carbocycles. The van der Waals surface area contributed by atoms with Crippen LogP contribution in [-0.2, 0) is 19.9 Å². The molecule has 0 aliphatic carbocycles. The van der Waals surface area contributed by atoms with Gasteiger partial charge in [-0.05, 0) is 68.5 Å². The quantitative estimate of drug-likeness (QED) is 0.447. The fraction of sp³-hybridized carbons (Fsp3) is 0.417. The van der Waals surface area contributed by atoms with Crippen molar-refractivity contribution in [2.45, 2.75) is 37.9 Å². The lowest BCUT2D eigenvalue weighted by molar-refractivity contribution is 0.0964. The van der Waals surface area contributed by atoms with Crippen molar-refractivity contribution in [1.82, 2.24) is 10.3 Å². The SMILES string of the molecule is CNC(=O)c1c(-c2ccc(Cl)cc2)oc2nc(N(CCCC3CCCS3(=O)=O)S(C)(=O)=O)c(C)cc12. The Morgan fingerprint density at radius 1 is 1.28 bits per heavy atom. The number of fused-ring (bicyclic) bond motifs is 1. The molecule has 1 fully saturated rings. The van der Waals surface area contributed by atoms with Crippen LogP contribution in [0.1, 0.15) is 41.6 Å². The van der Waals surface area contributed by atoms with Crippen LogP contribution < -0.4 is 9.62 Å². The molecule has 1 aliphatic rings. The average molecular weight is 554 g/mol. The van der Waals surface area contributed by atoms with Crippen LogP contribution in [0.3, 0.4) is 0 Å². The van der Waals surface area contributed by atoms with E-state index in [0.717, 1.165) is 6.26 Å². The minimum Gasteiger partial charge on any atom is -0.437 e. The van der Waals surface area contributed by atoms with E-state index in [4.69, 9.17) is 16.0 Å². The first-order valence-corrected chi connectivity index (χ1v) is 15.5. The molecule has 36 heavy (non-hydrogen) atoms.